The minimum absolute atomic E-state index is 0.332. The lowest BCUT2D eigenvalue weighted by atomic mass is 10.1. The molecular formula is C15H26N4O. The zero-order valence-electron chi connectivity index (χ0n) is 12.8. The van der Waals surface area contributed by atoms with E-state index in [9.17, 15) is 0 Å². The first kappa shape index (κ1) is 15.2. The Balaban J connectivity index is 2.09. The minimum atomic E-state index is 0.332. The molecule has 0 radical (unpaired) electrons. The number of nitrogens with zero attached hydrogens (tertiary/aromatic N) is 3. The molecule has 0 bridgehead atoms. The average Bonchev–Trinajstić information content (AvgIpc) is 2.47. The van der Waals surface area contributed by atoms with Crippen molar-refractivity contribution in [1.82, 2.24) is 9.97 Å². The van der Waals surface area contributed by atoms with Gasteiger partial charge in [0, 0.05) is 32.2 Å². The highest BCUT2D eigenvalue weighted by atomic mass is 16.5. The monoisotopic (exact) mass is 278 g/mol. The van der Waals surface area contributed by atoms with Crippen molar-refractivity contribution in [1.29, 1.82) is 0 Å². The normalized spacial score (nSPS) is 16.9. The quantitative estimate of drug-likeness (QED) is 0.893. The third kappa shape index (κ3) is 3.46. The van der Waals surface area contributed by atoms with Gasteiger partial charge < -0.3 is 15.4 Å². The van der Waals surface area contributed by atoms with Crippen molar-refractivity contribution < 1.29 is 4.74 Å². The highest BCUT2D eigenvalue weighted by molar-refractivity contribution is 5.49. The van der Waals surface area contributed by atoms with Crippen LogP contribution in [0.15, 0.2) is 6.20 Å². The fourth-order valence-corrected chi connectivity index (χ4v) is 2.62. The Bertz CT molecular complexity index is 428. The van der Waals surface area contributed by atoms with Gasteiger partial charge in [-0.25, -0.2) is 9.97 Å². The van der Waals surface area contributed by atoms with E-state index < -0.39 is 0 Å². The molecule has 0 atom stereocenters. The molecule has 1 saturated heterocycles. The lowest BCUT2D eigenvalue weighted by Crippen LogP contribution is -2.38. The second-order valence-electron chi connectivity index (χ2n) is 5.56. The number of hydrogen-bond donors (Lipinski definition) is 1. The van der Waals surface area contributed by atoms with Crippen molar-refractivity contribution in [2.45, 2.75) is 52.2 Å². The van der Waals surface area contributed by atoms with Crippen molar-refractivity contribution in [3.8, 4) is 0 Å². The molecule has 1 aliphatic heterocycles. The summed E-state index contributed by atoms with van der Waals surface area (Å²) in [7, 11) is 0. The molecule has 0 unspecified atom stereocenters. The number of rotatable bonds is 5. The van der Waals surface area contributed by atoms with Gasteiger partial charge >= 0.3 is 0 Å². The van der Waals surface area contributed by atoms with Gasteiger partial charge in [-0.1, -0.05) is 13.8 Å². The molecule has 2 heterocycles. The van der Waals surface area contributed by atoms with Crippen LogP contribution < -0.4 is 10.6 Å². The van der Waals surface area contributed by atoms with Crippen LogP contribution in [0.1, 0.15) is 51.0 Å². The zero-order valence-corrected chi connectivity index (χ0v) is 12.8. The Labute approximate surface area is 121 Å². The maximum atomic E-state index is 5.86. The van der Waals surface area contributed by atoms with Gasteiger partial charge in [-0.15, -0.1) is 0 Å². The van der Waals surface area contributed by atoms with E-state index in [1.165, 1.54) is 0 Å². The zero-order chi connectivity index (χ0) is 14.5. The van der Waals surface area contributed by atoms with E-state index in [2.05, 4.69) is 35.6 Å². The molecule has 1 aromatic heterocycles. The lowest BCUT2D eigenvalue weighted by molar-refractivity contribution is 0.0459. The highest BCUT2D eigenvalue weighted by Crippen LogP contribution is 2.24. The molecule has 112 valence electrons. The number of piperidine rings is 1. The van der Waals surface area contributed by atoms with Gasteiger partial charge in [-0.2, -0.15) is 0 Å². The lowest BCUT2D eigenvalue weighted by Gasteiger charge is -2.34. The number of hydrogen-bond acceptors (Lipinski definition) is 5. The predicted molar refractivity (Wildman–Crippen MR) is 80.9 cm³/mol. The number of nitrogens with two attached hydrogens (primary N) is 1. The summed E-state index contributed by atoms with van der Waals surface area (Å²) in [6, 6.07) is 0. The van der Waals surface area contributed by atoms with E-state index in [1.54, 1.807) is 0 Å². The smallest absolute Gasteiger partial charge is 0.131 e. The molecule has 1 aromatic rings. The maximum Gasteiger partial charge on any atom is 0.131 e. The first-order valence-corrected chi connectivity index (χ1v) is 7.58. The van der Waals surface area contributed by atoms with E-state index >= 15 is 0 Å². The number of aromatic nitrogens is 2. The predicted octanol–water partition coefficient (Wildman–Crippen LogP) is 2.06. The van der Waals surface area contributed by atoms with E-state index in [4.69, 9.17) is 10.5 Å². The Kier molecular flexibility index (Phi) is 5.31. The summed E-state index contributed by atoms with van der Waals surface area (Å²) >= 11 is 0. The SMILES string of the molecule is CCOC1CCN(c2cnc(C(C)C)nc2CN)CC1. The summed E-state index contributed by atoms with van der Waals surface area (Å²) in [6.45, 7) is 9.49. The summed E-state index contributed by atoms with van der Waals surface area (Å²) in [4.78, 5) is 11.4. The molecule has 0 saturated carbocycles. The van der Waals surface area contributed by atoms with E-state index in [1.807, 2.05) is 6.20 Å². The number of ether oxygens (including phenoxy) is 1. The van der Waals surface area contributed by atoms with Crippen LogP contribution in [0.4, 0.5) is 5.69 Å². The average molecular weight is 278 g/mol. The highest BCUT2D eigenvalue weighted by Gasteiger charge is 2.22. The first-order valence-electron chi connectivity index (χ1n) is 7.58. The molecule has 2 N–H and O–H groups in total. The second-order valence-corrected chi connectivity index (χ2v) is 5.56. The van der Waals surface area contributed by atoms with Gasteiger partial charge in [-0.3, -0.25) is 0 Å². The third-order valence-corrected chi connectivity index (χ3v) is 3.76. The molecule has 5 nitrogen and oxygen atoms in total. The Morgan fingerprint density at radius 2 is 2.10 bits per heavy atom. The van der Waals surface area contributed by atoms with Gasteiger partial charge in [0.1, 0.15) is 5.82 Å². The van der Waals surface area contributed by atoms with Crippen molar-refractivity contribution in [2.24, 2.45) is 5.73 Å². The Morgan fingerprint density at radius 1 is 1.40 bits per heavy atom. The van der Waals surface area contributed by atoms with Crippen LogP contribution >= 0.6 is 0 Å². The van der Waals surface area contributed by atoms with Crippen LogP contribution in [0.2, 0.25) is 0 Å². The van der Waals surface area contributed by atoms with Crippen LogP contribution in [0.3, 0.4) is 0 Å². The molecule has 0 spiro atoms. The van der Waals surface area contributed by atoms with Crippen LogP contribution in [0.25, 0.3) is 0 Å². The molecule has 0 aliphatic carbocycles. The molecule has 1 aliphatic rings. The van der Waals surface area contributed by atoms with Gasteiger partial charge in [0.15, 0.2) is 0 Å². The molecule has 2 rings (SSSR count). The standard InChI is InChI=1S/C15H26N4O/c1-4-20-12-5-7-19(8-6-12)14-10-17-15(11(2)3)18-13(14)9-16/h10-12H,4-9,16H2,1-3H3. The molecular weight excluding hydrogens is 252 g/mol. The van der Waals surface area contributed by atoms with Crippen molar-refractivity contribution >= 4 is 5.69 Å². The molecule has 1 fully saturated rings. The van der Waals surface area contributed by atoms with Crippen LogP contribution in [-0.4, -0.2) is 35.8 Å². The summed E-state index contributed by atoms with van der Waals surface area (Å²) < 4.78 is 5.69. The molecule has 0 aromatic carbocycles. The van der Waals surface area contributed by atoms with Crippen LogP contribution in [0.5, 0.6) is 0 Å². The van der Waals surface area contributed by atoms with Crippen LogP contribution in [-0.2, 0) is 11.3 Å². The third-order valence-electron chi connectivity index (χ3n) is 3.76. The summed E-state index contributed by atoms with van der Waals surface area (Å²) in [5.41, 5.74) is 7.91. The number of anilines is 1. The maximum absolute atomic E-state index is 5.86. The largest absolute Gasteiger partial charge is 0.378 e. The van der Waals surface area contributed by atoms with E-state index in [0.29, 0.717) is 18.6 Å². The molecule has 0 amide bonds. The van der Waals surface area contributed by atoms with Gasteiger partial charge in [-0.05, 0) is 19.8 Å². The fraction of sp³-hybridized carbons (Fsp3) is 0.733. The van der Waals surface area contributed by atoms with Crippen LogP contribution in [0, 0.1) is 0 Å². The van der Waals surface area contributed by atoms with Gasteiger partial charge in [0.05, 0.1) is 23.7 Å². The Morgan fingerprint density at radius 3 is 2.65 bits per heavy atom. The summed E-state index contributed by atoms with van der Waals surface area (Å²) in [6.07, 6.45) is 4.45. The second kappa shape index (κ2) is 6.99. The Hall–Kier alpha value is -1.20. The van der Waals surface area contributed by atoms with E-state index in [0.717, 1.165) is 49.7 Å². The minimum Gasteiger partial charge on any atom is -0.378 e. The van der Waals surface area contributed by atoms with Crippen molar-refractivity contribution in [3.63, 3.8) is 0 Å². The topological polar surface area (TPSA) is 64.3 Å². The van der Waals surface area contributed by atoms with Gasteiger partial charge in [0.25, 0.3) is 0 Å². The summed E-state index contributed by atoms with van der Waals surface area (Å²) in [5, 5.41) is 0. The van der Waals surface area contributed by atoms with Crippen molar-refractivity contribution in [3.05, 3.63) is 17.7 Å². The van der Waals surface area contributed by atoms with E-state index in [-0.39, 0.29) is 0 Å². The molecule has 20 heavy (non-hydrogen) atoms. The van der Waals surface area contributed by atoms with Gasteiger partial charge in [0.2, 0.25) is 0 Å². The van der Waals surface area contributed by atoms with Crippen molar-refractivity contribution in [2.75, 3.05) is 24.6 Å². The first-order chi connectivity index (χ1) is 9.65. The summed E-state index contributed by atoms with van der Waals surface area (Å²) in [5.74, 6) is 1.21. The fourth-order valence-electron chi connectivity index (χ4n) is 2.62. The molecule has 5 heteroatoms.